The number of fused-ring (bicyclic) bond motifs is 3. The lowest BCUT2D eigenvalue weighted by atomic mass is 9.74. The zero-order valence-electron chi connectivity index (χ0n) is 20.0. The lowest BCUT2D eigenvalue weighted by molar-refractivity contribution is 0.0307. The molecule has 2 aromatic carbocycles. The van der Waals surface area contributed by atoms with Crippen molar-refractivity contribution in [3.8, 4) is 17.0 Å². The minimum absolute atomic E-state index is 0.182. The number of amides is 2. The van der Waals surface area contributed by atoms with Crippen molar-refractivity contribution in [2.45, 2.75) is 31.7 Å². The predicted molar refractivity (Wildman–Crippen MR) is 141 cm³/mol. The van der Waals surface area contributed by atoms with E-state index in [9.17, 15) is 4.79 Å². The van der Waals surface area contributed by atoms with Crippen LogP contribution < -0.4 is 15.4 Å². The summed E-state index contributed by atoms with van der Waals surface area (Å²) in [5.41, 5.74) is 3.92. The van der Waals surface area contributed by atoms with Gasteiger partial charge in [-0.1, -0.05) is 34.1 Å². The van der Waals surface area contributed by atoms with Crippen molar-refractivity contribution in [1.29, 1.82) is 0 Å². The second kappa shape index (κ2) is 10.3. The van der Waals surface area contributed by atoms with Crippen LogP contribution in [0.15, 0.2) is 59.1 Å². The Morgan fingerprint density at radius 3 is 2.69 bits per heavy atom. The van der Waals surface area contributed by atoms with Crippen LogP contribution in [-0.2, 0) is 0 Å². The number of aromatic nitrogens is 2. The number of aryl methyl sites for hydroxylation is 1. The highest BCUT2D eigenvalue weighted by molar-refractivity contribution is 9.10. The third-order valence-electron chi connectivity index (χ3n) is 7.11. The van der Waals surface area contributed by atoms with Crippen molar-refractivity contribution < 1.29 is 9.53 Å². The van der Waals surface area contributed by atoms with Crippen molar-refractivity contribution in [3.63, 3.8) is 0 Å². The lowest BCUT2D eigenvalue weighted by Gasteiger charge is -2.49. The van der Waals surface area contributed by atoms with Crippen LogP contribution in [0.1, 0.15) is 30.3 Å². The maximum Gasteiger partial charge on any atom is 0.319 e. The van der Waals surface area contributed by atoms with Gasteiger partial charge in [0.25, 0.3) is 0 Å². The Kier molecular flexibility index (Phi) is 7.02. The van der Waals surface area contributed by atoms with Gasteiger partial charge >= 0.3 is 6.03 Å². The van der Waals surface area contributed by atoms with Gasteiger partial charge in [0.2, 0.25) is 0 Å². The molecular formula is C27H30BrN5O2. The SMILES string of the molecule is COc1ccc(NC(=O)NC[C@H]2C[C@@H]3CCN2C[C@@H]3c2cc(-c3ccccc3Br)nc(C)n2)cc1. The quantitative estimate of drug-likeness (QED) is 0.452. The molecule has 3 fully saturated rings. The molecule has 4 heterocycles. The molecule has 8 heteroatoms. The largest absolute Gasteiger partial charge is 0.497 e. The zero-order valence-corrected chi connectivity index (χ0v) is 21.6. The molecule has 2 N–H and O–H groups in total. The van der Waals surface area contributed by atoms with Gasteiger partial charge in [-0.15, -0.1) is 0 Å². The molecule has 2 bridgehead atoms. The summed E-state index contributed by atoms with van der Waals surface area (Å²) in [4.78, 5) is 24.5. The summed E-state index contributed by atoms with van der Waals surface area (Å²) in [5.74, 6) is 2.51. The summed E-state index contributed by atoms with van der Waals surface area (Å²) < 4.78 is 6.21. The number of hydrogen-bond acceptors (Lipinski definition) is 5. The average molecular weight is 536 g/mol. The first-order valence-corrected chi connectivity index (χ1v) is 12.8. The molecule has 0 saturated carbocycles. The van der Waals surface area contributed by atoms with Crippen molar-refractivity contribution in [1.82, 2.24) is 20.2 Å². The molecule has 0 spiro atoms. The molecule has 2 amide bonds. The first-order valence-electron chi connectivity index (χ1n) is 12.0. The molecule has 35 heavy (non-hydrogen) atoms. The maximum absolute atomic E-state index is 12.4. The van der Waals surface area contributed by atoms with Gasteiger partial charge in [0, 0.05) is 46.5 Å². The van der Waals surface area contributed by atoms with E-state index in [0.29, 0.717) is 24.4 Å². The zero-order chi connectivity index (χ0) is 24.4. The standard InChI is InChI=1S/C27H30BrN5O2/c1-17-30-25(22-5-3-4-6-24(22)28)14-26(31-17)23-16-33-12-11-18(23)13-20(33)15-29-27(34)32-19-7-9-21(35-2)10-8-19/h3-10,14,18,20,23H,11-13,15-16H2,1-2H3,(H2,29,32,34)/t18-,20+,23-/m0/s1. The minimum Gasteiger partial charge on any atom is -0.497 e. The Labute approximate surface area is 214 Å². The molecule has 4 atom stereocenters. The maximum atomic E-state index is 12.4. The highest BCUT2D eigenvalue weighted by Crippen LogP contribution is 2.42. The van der Waals surface area contributed by atoms with Gasteiger partial charge in [-0.25, -0.2) is 14.8 Å². The number of hydrogen-bond donors (Lipinski definition) is 2. The number of urea groups is 1. The van der Waals surface area contributed by atoms with Gasteiger partial charge in [-0.3, -0.25) is 4.90 Å². The second-order valence-electron chi connectivity index (χ2n) is 9.31. The monoisotopic (exact) mass is 535 g/mol. The molecule has 1 unspecified atom stereocenters. The summed E-state index contributed by atoms with van der Waals surface area (Å²) in [6.45, 7) is 4.63. The van der Waals surface area contributed by atoms with Crippen LogP contribution in [0.2, 0.25) is 0 Å². The number of ether oxygens (including phenoxy) is 1. The van der Waals surface area contributed by atoms with E-state index < -0.39 is 0 Å². The summed E-state index contributed by atoms with van der Waals surface area (Å²) in [6, 6.07) is 17.8. The van der Waals surface area contributed by atoms with E-state index in [2.05, 4.69) is 43.6 Å². The number of rotatable bonds is 6. The van der Waals surface area contributed by atoms with Crippen LogP contribution >= 0.6 is 15.9 Å². The normalized spacial score (nSPS) is 23.1. The van der Waals surface area contributed by atoms with Crippen molar-refractivity contribution in [2.24, 2.45) is 5.92 Å². The average Bonchev–Trinajstić information content (AvgIpc) is 2.88. The van der Waals surface area contributed by atoms with Crippen molar-refractivity contribution in [3.05, 3.63) is 70.6 Å². The smallest absolute Gasteiger partial charge is 0.319 e. The summed E-state index contributed by atoms with van der Waals surface area (Å²) in [7, 11) is 1.63. The van der Waals surface area contributed by atoms with E-state index in [1.165, 1.54) is 0 Å². The van der Waals surface area contributed by atoms with Crippen molar-refractivity contribution in [2.75, 3.05) is 32.1 Å². The second-order valence-corrected chi connectivity index (χ2v) is 10.2. The fourth-order valence-corrected chi connectivity index (χ4v) is 5.82. The summed E-state index contributed by atoms with van der Waals surface area (Å²) >= 11 is 3.66. The number of carbonyl (C=O) groups is 1. The number of methoxy groups -OCH3 is 1. The number of halogens is 1. The number of nitrogens with one attached hydrogen (secondary N) is 2. The van der Waals surface area contributed by atoms with Crippen LogP contribution in [-0.4, -0.2) is 53.7 Å². The van der Waals surface area contributed by atoms with Crippen LogP contribution in [0.4, 0.5) is 10.5 Å². The fourth-order valence-electron chi connectivity index (χ4n) is 5.33. The van der Waals surface area contributed by atoms with Gasteiger partial charge in [0.05, 0.1) is 12.8 Å². The Balaban J connectivity index is 1.22. The van der Waals surface area contributed by atoms with E-state index in [4.69, 9.17) is 14.7 Å². The van der Waals surface area contributed by atoms with E-state index in [1.54, 1.807) is 7.11 Å². The minimum atomic E-state index is -0.182. The number of anilines is 1. The Morgan fingerprint density at radius 2 is 1.97 bits per heavy atom. The van der Waals surface area contributed by atoms with Gasteiger partial charge in [-0.2, -0.15) is 0 Å². The predicted octanol–water partition coefficient (Wildman–Crippen LogP) is 5.22. The summed E-state index contributed by atoms with van der Waals surface area (Å²) in [5, 5.41) is 5.96. The molecule has 1 aromatic heterocycles. The fraction of sp³-hybridized carbons (Fsp3) is 0.370. The lowest BCUT2D eigenvalue weighted by Crippen LogP contribution is -2.56. The van der Waals surface area contributed by atoms with Gasteiger partial charge in [0.1, 0.15) is 11.6 Å². The van der Waals surface area contributed by atoms with Crippen LogP contribution in [0.5, 0.6) is 5.75 Å². The Morgan fingerprint density at radius 1 is 1.17 bits per heavy atom. The van der Waals surface area contributed by atoms with Crippen LogP contribution in [0.25, 0.3) is 11.3 Å². The third kappa shape index (κ3) is 5.33. The number of carbonyl (C=O) groups excluding carboxylic acids is 1. The third-order valence-corrected chi connectivity index (χ3v) is 7.80. The molecule has 6 rings (SSSR count). The number of piperidine rings is 3. The molecule has 0 radical (unpaired) electrons. The number of benzene rings is 2. The molecule has 182 valence electrons. The summed E-state index contributed by atoms with van der Waals surface area (Å²) in [6.07, 6.45) is 2.22. The van der Waals surface area contributed by atoms with Gasteiger partial charge in [-0.05, 0) is 68.6 Å². The van der Waals surface area contributed by atoms with E-state index in [-0.39, 0.29) is 6.03 Å². The number of nitrogens with zero attached hydrogens (tertiary/aromatic N) is 3. The van der Waals surface area contributed by atoms with Crippen LogP contribution in [0, 0.1) is 12.8 Å². The van der Waals surface area contributed by atoms with E-state index in [1.807, 2.05) is 49.4 Å². The van der Waals surface area contributed by atoms with Crippen molar-refractivity contribution >= 4 is 27.6 Å². The topological polar surface area (TPSA) is 79.4 Å². The Bertz CT molecular complexity index is 1200. The molecular weight excluding hydrogens is 506 g/mol. The molecule has 3 aromatic rings. The van der Waals surface area contributed by atoms with E-state index >= 15 is 0 Å². The molecule has 3 aliphatic rings. The molecule has 3 aliphatic heterocycles. The van der Waals surface area contributed by atoms with E-state index in [0.717, 1.165) is 64.6 Å². The molecule has 0 aliphatic carbocycles. The Hall–Kier alpha value is -2.97. The highest BCUT2D eigenvalue weighted by atomic mass is 79.9. The first-order chi connectivity index (χ1) is 17.0. The van der Waals surface area contributed by atoms with Crippen LogP contribution in [0.3, 0.4) is 0 Å². The highest BCUT2D eigenvalue weighted by Gasteiger charge is 2.41. The molecule has 7 nitrogen and oxygen atoms in total. The van der Waals surface area contributed by atoms with Gasteiger partial charge < -0.3 is 15.4 Å². The molecule has 3 saturated heterocycles. The first kappa shape index (κ1) is 23.8. The van der Waals surface area contributed by atoms with Gasteiger partial charge in [0.15, 0.2) is 0 Å².